The summed E-state index contributed by atoms with van der Waals surface area (Å²) >= 11 is 1.20. The number of benzene rings is 1. The molecule has 0 atom stereocenters. The molecule has 6 heteroatoms. The summed E-state index contributed by atoms with van der Waals surface area (Å²) in [7, 11) is 0. The Morgan fingerprint density at radius 3 is 2.70 bits per heavy atom. The SMILES string of the molecule is CC(C)NC(=O)c1c(N)nsc1NCc1ccccc1. The summed E-state index contributed by atoms with van der Waals surface area (Å²) in [5.74, 6) is 0.0746. The van der Waals surface area contributed by atoms with Gasteiger partial charge in [0.1, 0.15) is 10.6 Å². The van der Waals surface area contributed by atoms with Gasteiger partial charge in [-0.1, -0.05) is 30.3 Å². The van der Waals surface area contributed by atoms with Crippen LogP contribution in [0.2, 0.25) is 0 Å². The number of rotatable bonds is 5. The highest BCUT2D eigenvalue weighted by molar-refractivity contribution is 7.11. The van der Waals surface area contributed by atoms with E-state index in [9.17, 15) is 4.79 Å². The molecule has 0 aliphatic carbocycles. The third kappa shape index (κ3) is 3.48. The molecule has 0 radical (unpaired) electrons. The second-order valence-corrected chi connectivity index (χ2v) is 5.51. The Hall–Kier alpha value is -2.08. The van der Waals surface area contributed by atoms with Crippen LogP contribution in [0, 0.1) is 0 Å². The van der Waals surface area contributed by atoms with E-state index in [1.54, 1.807) is 0 Å². The van der Waals surface area contributed by atoms with E-state index in [1.165, 1.54) is 11.5 Å². The summed E-state index contributed by atoms with van der Waals surface area (Å²) in [4.78, 5) is 12.1. The first-order valence-corrected chi connectivity index (χ1v) is 7.19. The van der Waals surface area contributed by atoms with Gasteiger partial charge in [0, 0.05) is 12.6 Å². The molecule has 0 fully saturated rings. The van der Waals surface area contributed by atoms with Gasteiger partial charge in [-0.2, -0.15) is 4.37 Å². The molecule has 1 heterocycles. The van der Waals surface area contributed by atoms with Crippen molar-refractivity contribution >= 4 is 28.3 Å². The van der Waals surface area contributed by atoms with Crippen LogP contribution in [0.5, 0.6) is 0 Å². The minimum absolute atomic E-state index is 0.0590. The predicted octanol–water partition coefficient (Wildman–Crippen LogP) is 2.48. The van der Waals surface area contributed by atoms with Crippen molar-refractivity contribution in [2.75, 3.05) is 11.1 Å². The molecule has 20 heavy (non-hydrogen) atoms. The molecule has 0 unspecified atom stereocenters. The second-order valence-electron chi connectivity index (χ2n) is 4.74. The van der Waals surface area contributed by atoms with Crippen molar-refractivity contribution in [3.8, 4) is 0 Å². The predicted molar refractivity (Wildman–Crippen MR) is 82.9 cm³/mol. The normalized spacial score (nSPS) is 10.6. The van der Waals surface area contributed by atoms with Gasteiger partial charge >= 0.3 is 0 Å². The van der Waals surface area contributed by atoms with Gasteiger partial charge in [0.15, 0.2) is 5.82 Å². The van der Waals surface area contributed by atoms with E-state index < -0.39 is 0 Å². The highest BCUT2D eigenvalue weighted by Gasteiger charge is 2.19. The van der Waals surface area contributed by atoms with Crippen LogP contribution in [0.25, 0.3) is 0 Å². The molecule has 0 bridgehead atoms. The highest BCUT2D eigenvalue weighted by Crippen LogP contribution is 2.27. The number of hydrogen-bond donors (Lipinski definition) is 3. The monoisotopic (exact) mass is 290 g/mol. The van der Waals surface area contributed by atoms with E-state index in [0.717, 1.165) is 5.56 Å². The van der Waals surface area contributed by atoms with Gasteiger partial charge in [0.2, 0.25) is 0 Å². The van der Waals surface area contributed by atoms with Gasteiger partial charge in [-0.15, -0.1) is 0 Å². The molecule has 106 valence electrons. The number of aromatic nitrogens is 1. The second kappa shape index (κ2) is 6.38. The largest absolute Gasteiger partial charge is 0.382 e. The van der Waals surface area contributed by atoms with Gasteiger partial charge in [-0.25, -0.2) is 0 Å². The van der Waals surface area contributed by atoms with E-state index in [-0.39, 0.29) is 17.8 Å². The van der Waals surface area contributed by atoms with Crippen LogP contribution >= 0.6 is 11.5 Å². The van der Waals surface area contributed by atoms with Crippen LogP contribution in [0.4, 0.5) is 10.8 Å². The smallest absolute Gasteiger partial charge is 0.258 e. The Kier molecular flexibility index (Phi) is 4.57. The minimum atomic E-state index is -0.193. The summed E-state index contributed by atoms with van der Waals surface area (Å²) in [5.41, 5.74) is 7.35. The first-order valence-electron chi connectivity index (χ1n) is 6.41. The lowest BCUT2D eigenvalue weighted by Crippen LogP contribution is -2.30. The number of nitrogens with two attached hydrogens (primary N) is 1. The molecule has 1 amide bonds. The Morgan fingerprint density at radius 2 is 2.05 bits per heavy atom. The number of nitrogens with zero attached hydrogens (tertiary/aromatic N) is 1. The van der Waals surface area contributed by atoms with E-state index in [2.05, 4.69) is 15.0 Å². The summed E-state index contributed by atoms with van der Waals surface area (Å²) in [6, 6.07) is 10.0. The molecule has 1 aromatic heterocycles. The first kappa shape index (κ1) is 14.3. The quantitative estimate of drug-likeness (QED) is 0.790. The summed E-state index contributed by atoms with van der Waals surface area (Å²) in [5, 5.41) is 6.75. The van der Waals surface area contributed by atoms with Crippen LogP contribution < -0.4 is 16.4 Å². The van der Waals surface area contributed by atoms with Crippen molar-refractivity contribution in [2.24, 2.45) is 0 Å². The zero-order valence-corrected chi connectivity index (χ0v) is 12.3. The number of nitrogens with one attached hydrogen (secondary N) is 2. The maximum Gasteiger partial charge on any atom is 0.258 e. The fourth-order valence-corrected chi connectivity index (χ4v) is 2.46. The van der Waals surface area contributed by atoms with Gasteiger partial charge in [-0.3, -0.25) is 4.79 Å². The summed E-state index contributed by atoms with van der Waals surface area (Å²) < 4.78 is 4.05. The maximum atomic E-state index is 12.1. The van der Waals surface area contributed by atoms with Crippen molar-refractivity contribution < 1.29 is 4.79 Å². The highest BCUT2D eigenvalue weighted by atomic mass is 32.1. The van der Waals surface area contributed by atoms with E-state index in [0.29, 0.717) is 17.1 Å². The lowest BCUT2D eigenvalue weighted by molar-refractivity contribution is 0.0945. The van der Waals surface area contributed by atoms with E-state index in [4.69, 9.17) is 5.73 Å². The Morgan fingerprint density at radius 1 is 1.35 bits per heavy atom. The number of carbonyl (C=O) groups is 1. The number of amides is 1. The summed E-state index contributed by atoms with van der Waals surface area (Å²) in [6.07, 6.45) is 0. The van der Waals surface area contributed by atoms with Crippen molar-refractivity contribution in [1.82, 2.24) is 9.69 Å². The van der Waals surface area contributed by atoms with Crippen LogP contribution in [-0.4, -0.2) is 16.3 Å². The zero-order chi connectivity index (χ0) is 14.5. The molecular weight excluding hydrogens is 272 g/mol. The summed E-state index contributed by atoms with van der Waals surface area (Å²) in [6.45, 7) is 4.44. The molecule has 0 spiro atoms. The molecule has 0 aliphatic heterocycles. The maximum absolute atomic E-state index is 12.1. The average molecular weight is 290 g/mol. The van der Waals surface area contributed by atoms with Crippen molar-refractivity contribution in [1.29, 1.82) is 0 Å². The molecule has 5 nitrogen and oxygen atoms in total. The van der Waals surface area contributed by atoms with Crippen molar-refractivity contribution in [3.05, 3.63) is 41.5 Å². The average Bonchev–Trinajstić information content (AvgIpc) is 2.78. The number of anilines is 2. The molecule has 2 rings (SSSR count). The van der Waals surface area contributed by atoms with Crippen molar-refractivity contribution in [2.45, 2.75) is 26.4 Å². The Balaban J connectivity index is 2.11. The fraction of sp³-hybridized carbons (Fsp3) is 0.286. The van der Waals surface area contributed by atoms with Gasteiger partial charge in [-0.05, 0) is 30.9 Å². The third-order valence-electron chi connectivity index (χ3n) is 2.66. The standard InChI is InChI=1S/C14H18N4OS/c1-9(2)17-13(19)11-12(15)18-20-14(11)16-8-10-6-4-3-5-7-10/h3-7,9,16H,8H2,1-2H3,(H2,15,18)(H,17,19). The van der Waals surface area contributed by atoms with Crippen LogP contribution in [0.1, 0.15) is 29.8 Å². The molecule has 2 aromatic rings. The number of hydrogen-bond acceptors (Lipinski definition) is 5. The lowest BCUT2D eigenvalue weighted by Gasteiger charge is -2.10. The molecule has 0 aliphatic rings. The van der Waals surface area contributed by atoms with E-state index >= 15 is 0 Å². The van der Waals surface area contributed by atoms with Gasteiger partial charge in [0.25, 0.3) is 5.91 Å². The Labute approximate surface area is 122 Å². The van der Waals surface area contributed by atoms with Crippen LogP contribution in [-0.2, 0) is 6.54 Å². The minimum Gasteiger partial charge on any atom is -0.382 e. The van der Waals surface area contributed by atoms with E-state index in [1.807, 2.05) is 44.2 Å². The number of carbonyl (C=O) groups excluding carboxylic acids is 1. The lowest BCUT2D eigenvalue weighted by atomic mass is 10.2. The molecule has 0 saturated carbocycles. The zero-order valence-electron chi connectivity index (χ0n) is 11.5. The topological polar surface area (TPSA) is 80.0 Å². The molecule has 4 N–H and O–H groups in total. The third-order valence-corrected chi connectivity index (χ3v) is 3.48. The fourth-order valence-electron chi connectivity index (χ4n) is 1.76. The first-order chi connectivity index (χ1) is 9.58. The Bertz CT molecular complexity index is 580. The van der Waals surface area contributed by atoms with Gasteiger partial charge < -0.3 is 16.4 Å². The van der Waals surface area contributed by atoms with Crippen LogP contribution in [0.3, 0.4) is 0 Å². The molecular formula is C14H18N4OS. The molecule has 0 saturated heterocycles. The number of nitrogen functional groups attached to an aromatic ring is 1. The van der Waals surface area contributed by atoms with Gasteiger partial charge in [0.05, 0.1) is 0 Å². The molecule has 1 aromatic carbocycles. The van der Waals surface area contributed by atoms with Crippen LogP contribution in [0.15, 0.2) is 30.3 Å². The van der Waals surface area contributed by atoms with Crippen molar-refractivity contribution in [3.63, 3.8) is 0 Å².